The highest BCUT2D eigenvalue weighted by molar-refractivity contribution is 5.60. The molecule has 0 unspecified atom stereocenters. The number of hydrogen-bond acceptors (Lipinski definition) is 3. The summed E-state index contributed by atoms with van der Waals surface area (Å²) in [4.78, 5) is 10.6. The van der Waals surface area contributed by atoms with E-state index in [4.69, 9.17) is 0 Å². The van der Waals surface area contributed by atoms with Crippen LogP contribution in [0.3, 0.4) is 0 Å². The summed E-state index contributed by atoms with van der Waals surface area (Å²) in [5.74, 6) is -0.285. The first kappa shape index (κ1) is 15.0. The Bertz CT molecular complexity index is 699. The quantitative estimate of drug-likeness (QED) is 0.675. The standard InChI is InChI=1S/C16H17FN2O2/c1-10-4-5-14(17)13(6-10)9-18-15-8-16(19(20)21)12(3)7-11(15)2/h4-8,18H,9H2,1-3H3. The fraction of sp³-hybridized carbons (Fsp3) is 0.250. The molecule has 0 fully saturated rings. The lowest BCUT2D eigenvalue weighted by Crippen LogP contribution is -2.05. The van der Waals surface area contributed by atoms with Crippen molar-refractivity contribution in [3.05, 3.63) is 68.5 Å². The van der Waals surface area contributed by atoms with Crippen molar-refractivity contribution in [3.8, 4) is 0 Å². The Morgan fingerprint density at radius 3 is 2.52 bits per heavy atom. The van der Waals surface area contributed by atoms with Crippen molar-refractivity contribution in [1.82, 2.24) is 0 Å². The summed E-state index contributed by atoms with van der Waals surface area (Å²) in [6.07, 6.45) is 0. The van der Waals surface area contributed by atoms with Crippen LogP contribution in [0.25, 0.3) is 0 Å². The third-order valence-corrected chi connectivity index (χ3v) is 3.41. The van der Waals surface area contributed by atoms with Crippen molar-refractivity contribution in [2.24, 2.45) is 0 Å². The molecule has 0 bridgehead atoms. The first-order valence-corrected chi connectivity index (χ1v) is 6.63. The average molecular weight is 288 g/mol. The van der Waals surface area contributed by atoms with Gasteiger partial charge < -0.3 is 5.32 Å². The van der Waals surface area contributed by atoms with Crippen LogP contribution in [-0.4, -0.2) is 4.92 Å². The van der Waals surface area contributed by atoms with Crippen LogP contribution in [-0.2, 0) is 6.54 Å². The minimum atomic E-state index is -0.410. The first-order chi connectivity index (χ1) is 9.88. The molecule has 0 amide bonds. The summed E-state index contributed by atoms with van der Waals surface area (Å²) < 4.78 is 13.7. The number of nitro groups is 1. The highest BCUT2D eigenvalue weighted by Crippen LogP contribution is 2.26. The van der Waals surface area contributed by atoms with E-state index in [9.17, 15) is 14.5 Å². The van der Waals surface area contributed by atoms with Crippen LogP contribution in [0.2, 0.25) is 0 Å². The Hall–Kier alpha value is -2.43. The van der Waals surface area contributed by atoms with Gasteiger partial charge in [-0.25, -0.2) is 4.39 Å². The van der Waals surface area contributed by atoms with E-state index in [0.717, 1.165) is 11.1 Å². The number of rotatable bonds is 4. The molecule has 0 aliphatic carbocycles. The normalized spacial score (nSPS) is 10.5. The van der Waals surface area contributed by atoms with Gasteiger partial charge in [0, 0.05) is 29.4 Å². The van der Waals surface area contributed by atoms with E-state index in [1.54, 1.807) is 25.1 Å². The fourth-order valence-corrected chi connectivity index (χ4v) is 2.26. The summed E-state index contributed by atoms with van der Waals surface area (Å²) in [6, 6.07) is 8.16. The molecule has 0 aliphatic rings. The average Bonchev–Trinajstić information content (AvgIpc) is 2.41. The molecule has 0 heterocycles. The number of hydrogen-bond donors (Lipinski definition) is 1. The molecule has 2 rings (SSSR count). The molecule has 110 valence electrons. The summed E-state index contributed by atoms with van der Waals surface area (Å²) in [5.41, 5.74) is 3.73. The number of anilines is 1. The number of halogens is 1. The zero-order valence-electron chi connectivity index (χ0n) is 12.2. The van der Waals surface area contributed by atoms with Gasteiger partial charge in [0.05, 0.1) is 4.92 Å². The second-order valence-electron chi connectivity index (χ2n) is 5.16. The first-order valence-electron chi connectivity index (χ1n) is 6.63. The number of nitrogens with one attached hydrogen (secondary N) is 1. The van der Waals surface area contributed by atoms with Gasteiger partial charge in [-0.15, -0.1) is 0 Å². The second kappa shape index (κ2) is 5.91. The number of aryl methyl sites for hydroxylation is 3. The van der Waals surface area contributed by atoms with Gasteiger partial charge in [0.25, 0.3) is 5.69 Å². The van der Waals surface area contributed by atoms with Crippen molar-refractivity contribution >= 4 is 11.4 Å². The Morgan fingerprint density at radius 1 is 1.14 bits per heavy atom. The zero-order valence-corrected chi connectivity index (χ0v) is 12.2. The summed E-state index contributed by atoms with van der Waals surface area (Å²) in [6.45, 7) is 5.75. The van der Waals surface area contributed by atoms with Gasteiger partial charge in [0.2, 0.25) is 0 Å². The van der Waals surface area contributed by atoms with Gasteiger partial charge in [0.1, 0.15) is 5.82 Å². The monoisotopic (exact) mass is 288 g/mol. The highest BCUT2D eigenvalue weighted by atomic mass is 19.1. The lowest BCUT2D eigenvalue weighted by atomic mass is 10.1. The smallest absolute Gasteiger partial charge is 0.274 e. The maximum atomic E-state index is 13.7. The van der Waals surface area contributed by atoms with E-state index in [1.165, 1.54) is 12.1 Å². The second-order valence-corrected chi connectivity index (χ2v) is 5.16. The van der Waals surface area contributed by atoms with Crippen LogP contribution >= 0.6 is 0 Å². The van der Waals surface area contributed by atoms with Crippen LogP contribution in [0.15, 0.2) is 30.3 Å². The van der Waals surface area contributed by atoms with E-state index in [1.807, 2.05) is 13.8 Å². The summed E-state index contributed by atoms with van der Waals surface area (Å²) in [5, 5.41) is 14.1. The Balaban J connectivity index is 2.25. The third-order valence-electron chi connectivity index (χ3n) is 3.41. The molecule has 0 aromatic heterocycles. The predicted octanol–water partition coefficient (Wildman–Crippen LogP) is 4.27. The molecule has 4 nitrogen and oxygen atoms in total. The SMILES string of the molecule is Cc1ccc(F)c(CNc2cc([N+](=O)[O-])c(C)cc2C)c1. The van der Waals surface area contributed by atoms with Crippen molar-refractivity contribution < 1.29 is 9.31 Å². The van der Waals surface area contributed by atoms with Crippen LogP contribution in [0.1, 0.15) is 22.3 Å². The number of nitro benzene ring substituents is 1. The van der Waals surface area contributed by atoms with Gasteiger partial charge in [-0.2, -0.15) is 0 Å². The molecule has 0 radical (unpaired) electrons. The van der Waals surface area contributed by atoms with Crippen LogP contribution in [0.5, 0.6) is 0 Å². The van der Waals surface area contributed by atoms with Gasteiger partial charge in [-0.3, -0.25) is 10.1 Å². The molecule has 0 spiro atoms. The van der Waals surface area contributed by atoms with Crippen LogP contribution in [0, 0.1) is 36.7 Å². The van der Waals surface area contributed by atoms with E-state index in [2.05, 4.69) is 5.32 Å². The predicted molar refractivity (Wildman–Crippen MR) is 81.0 cm³/mol. The van der Waals surface area contributed by atoms with E-state index in [-0.39, 0.29) is 18.0 Å². The highest BCUT2D eigenvalue weighted by Gasteiger charge is 2.13. The van der Waals surface area contributed by atoms with Crippen LogP contribution < -0.4 is 5.32 Å². The Labute approximate surface area is 122 Å². The van der Waals surface area contributed by atoms with Crippen molar-refractivity contribution in [2.45, 2.75) is 27.3 Å². The zero-order chi connectivity index (χ0) is 15.6. The maximum absolute atomic E-state index is 13.7. The molecular weight excluding hydrogens is 271 g/mol. The number of benzene rings is 2. The van der Waals surface area contributed by atoms with Gasteiger partial charge >= 0.3 is 0 Å². The molecule has 21 heavy (non-hydrogen) atoms. The lowest BCUT2D eigenvalue weighted by Gasteiger charge is -2.12. The third kappa shape index (κ3) is 3.37. The lowest BCUT2D eigenvalue weighted by molar-refractivity contribution is -0.385. The van der Waals surface area contributed by atoms with Crippen molar-refractivity contribution in [1.29, 1.82) is 0 Å². The van der Waals surface area contributed by atoms with Crippen molar-refractivity contribution in [2.75, 3.05) is 5.32 Å². The van der Waals surface area contributed by atoms with Crippen LogP contribution in [0.4, 0.5) is 15.8 Å². The Kier molecular flexibility index (Phi) is 4.21. The summed E-state index contributed by atoms with van der Waals surface area (Å²) in [7, 11) is 0. The molecule has 1 N–H and O–H groups in total. The molecule has 0 aliphatic heterocycles. The molecule has 0 saturated carbocycles. The van der Waals surface area contributed by atoms with Gasteiger partial charge in [-0.1, -0.05) is 17.7 Å². The number of nitrogens with zero attached hydrogens (tertiary/aromatic N) is 1. The minimum absolute atomic E-state index is 0.0628. The molecule has 5 heteroatoms. The van der Waals surface area contributed by atoms with E-state index < -0.39 is 4.92 Å². The van der Waals surface area contributed by atoms with Gasteiger partial charge in [-0.05, 0) is 38.5 Å². The largest absolute Gasteiger partial charge is 0.380 e. The van der Waals surface area contributed by atoms with E-state index >= 15 is 0 Å². The van der Waals surface area contributed by atoms with E-state index in [0.29, 0.717) is 16.8 Å². The molecule has 2 aromatic rings. The molecule has 2 aromatic carbocycles. The molecule has 0 atom stereocenters. The maximum Gasteiger partial charge on any atom is 0.274 e. The molecular formula is C16H17FN2O2. The van der Waals surface area contributed by atoms with Gasteiger partial charge in [0.15, 0.2) is 0 Å². The topological polar surface area (TPSA) is 55.2 Å². The minimum Gasteiger partial charge on any atom is -0.380 e. The summed E-state index contributed by atoms with van der Waals surface area (Å²) >= 11 is 0. The molecule has 0 saturated heterocycles. The van der Waals surface area contributed by atoms with Crippen molar-refractivity contribution in [3.63, 3.8) is 0 Å². The fourth-order valence-electron chi connectivity index (χ4n) is 2.26. The Morgan fingerprint density at radius 2 is 1.86 bits per heavy atom.